The number of rotatable bonds is 4. The first-order chi connectivity index (χ1) is 12.8. The Morgan fingerprint density at radius 2 is 2.04 bits per heavy atom. The van der Waals surface area contributed by atoms with Crippen LogP contribution in [-0.2, 0) is 4.74 Å². The largest absolute Gasteiger partial charge is 0.378 e. The SMILES string of the molecule is Fc1cncnc1N1CCCC(Nc2ccnc(N3CCOCC3)n2)C1. The van der Waals surface area contributed by atoms with E-state index in [4.69, 9.17) is 4.74 Å². The van der Waals surface area contributed by atoms with Gasteiger partial charge in [-0.15, -0.1) is 0 Å². The highest BCUT2D eigenvalue weighted by molar-refractivity contribution is 5.44. The molecule has 8 nitrogen and oxygen atoms in total. The summed E-state index contributed by atoms with van der Waals surface area (Å²) < 4.78 is 19.3. The third kappa shape index (κ3) is 3.82. The first kappa shape index (κ1) is 16.9. The molecule has 2 fully saturated rings. The number of aromatic nitrogens is 4. The van der Waals surface area contributed by atoms with E-state index in [1.165, 1.54) is 12.5 Å². The highest BCUT2D eigenvalue weighted by Gasteiger charge is 2.23. The molecule has 2 aromatic rings. The molecule has 0 aliphatic carbocycles. The molecule has 0 aromatic carbocycles. The molecule has 1 N–H and O–H groups in total. The summed E-state index contributed by atoms with van der Waals surface area (Å²) in [5.41, 5.74) is 0. The fraction of sp³-hybridized carbons (Fsp3) is 0.529. The molecule has 4 heterocycles. The Morgan fingerprint density at radius 1 is 1.15 bits per heavy atom. The van der Waals surface area contributed by atoms with Crippen LogP contribution < -0.4 is 15.1 Å². The van der Waals surface area contributed by atoms with Gasteiger partial charge in [0.1, 0.15) is 12.1 Å². The average molecular weight is 359 g/mol. The summed E-state index contributed by atoms with van der Waals surface area (Å²) in [6.45, 7) is 4.45. The molecule has 9 heteroatoms. The summed E-state index contributed by atoms with van der Waals surface area (Å²) in [6, 6.07) is 2.04. The molecule has 2 aromatic heterocycles. The number of anilines is 3. The van der Waals surface area contributed by atoms with Crippen LogP contribution in [0.3, 0.4) is 0 Å². The van der Waals surface area contributed by atoms with Gasteiger partial charge in [0.2, 0.25) is 5.95 Å². The highest BCUT2D eigenvalue weighted by Crippen LogP contribution is 2.22. The number of halogens is 1. The number of nitrogens with one attached hydrogen (secondary N) is 1. The van der Waals surface area contributed by atoms with Crippen molar-refractivity contribution in [1.29, 1.82) is 0 Å². The highest BCUT2D eigenvalue weighted by atomic mass is 19.1. The second-order valence-electron chi connectivity index (χ2n) is 6.47. The number of nitrogens with zero attached hydrogens (tertiary/aromatic N) is 6. The van der Waals surface area contributed by atoms with Crippen molar-refractivity contribution in [2.75, 3.05) is 54.5 Å². The van der Waals surface area contributed by atoms with Gasteiger partial charge < -0.3 is 19.9 Å². The van der Waals surface area contributed by atoms with Crippen LogP contribution in [0.15, 0.2) is 24.8 Å². The summed E-state index contributed by atoms with van der Waals surface area (Å²) >= 11 is 0. The maximum absolute atomic E-state index is 14.0. The van der Waals surface area contributed by atoms with Gasteiger partial charge in [-0.25, -0.2) is 19.3 Å². The summed E-state index contributed by atoms with van der Waals surface area (Å²) in [5.74, 6) is 1.48. The van der Waals surface area contributed by atoms with Gasteiger partial charge in [-0.3, -0.25) is 0 Å². The first-order valence-electron chi connectivity index (χ1n) is 8.92. The topological polar surface area (TPSA) is 79.3 Å². The van der Waals surface area contributed by atoms with Gasteiger partial charge in [-0.05, 0) is 18.9 Å². The van der Waals surface area contributed by atoms with Crippen molar-refractivity contribution in [3.8, 4) is 0 Å². The zero-order chi connectivity index (χ0) is 17.8. The van der Waals surface area contributed by atoms with Gasteiger partial charge in [0, 0.05) is 38.4 Å². The van der Waals surface area contributed by atoms with Gasteiger partial charge in [0.25, 0.3) is 0 Å². The van der Waals surface area contributed by atoms with Crippen LogP contribution in [0, 0.1) is 5.82 Å². The molecule has 0 spiro atoms. The van der Waals surface area contributed by atoms with Crippen molar-refractivity contribution in [3.05, 3.63) is 30.6 Å². The van der Waals surface area contributed by atoms with E-state index in [1.807, 2.05) is 11.0 Å². The van der Waals surface area contributed by atoms with E-state index in [0.29, 0.717) is 31.5 Å². The van der Waals surface area contributed by atoms with Gasteiger partial charge >= 0.3 is 0 Å². The molecular weight excluding hydrogens is 337 g/mol. The molecule has 2 saturated heterocycles. The number of hydrogen-bond donors (Lipinski definition) is 1. The standard InChI is InChI=1S/C17H22FN7O/c18-14-10-19-12-21-16(14)25-5-1-2-13(11-25)22-15-3-4-20-17(23-15)24-6-8-26-9-7-24/h3-4,10,12-13H,1-2,5-9,11H2,(H,20,22,23). The van der Waals surface area contributed by atoms with E-state index < -0.39 is 0 Å². The Bertz CT molecular complexity index is 741. The predicted molar refractivity (Wildman–Crippen MR) is 95.9 cm³/mol. The minimum Gasteiger partial charge on any atom is -0.378 e. The van der Waals surface area contributed by atoms with E-state index in [2.05, 4.69) is 30.2 Å². The molecule has 138 valence electrons. The third-order valence-electron chi connectivity index (χ3n) is 4.66. The minimum absolute atomic E-state index is 0.172. The molecule has 0 radical (unpaired) electrons. The molecule has 4 rings (SSSR count). The first-order valence-corrected chi connectivity index (χ1v) is 8.92. The average Bonchev–Trinajstić information content (AvgIpc) is 2.69. The summed E-state index contributed by atoms with van der Waals surface area (Å²) in [4.78, 5) is 20.9. The zero-order valence-corrected chi connectivity index (χ0v) is 14.5. The van der Waals surface area contributed by atoms with Crippen LogP contribution in [0.1, 0.15) is 12.8 Å². The fourth-order valence-electron chi connectivity index (χ4n) is 3.38. The van der Waals surface area contributed by atoms with Gasteiger partial charge in [0.05, 0.1) is 19.4 Å². The summed E-state index contributed by atoms with van der Waals surface area (Å²) in [6.07, 6.45) is 6.32. The smallest absolute Gasteiger partial charge is 0.227 e. The number of piperidine rings is 1. The third-order valence-corrected chi connectivity index (χ3v) is 4.66. The van der Waals surface area contributed by atoms with E-state index in [9.17, 15) is 4.39 Å². The van der Waals surface area contributed by atoms with Crippen LogP contribution in [0.4, 0.5) is 22.0 Å². The normalized spacial score (nSPS) is 20.9. The Kier molecular flexibility index (Phi) is 5.05. The fourth-order valence-corrected chi connectivity index (χ4v) is 3.38. The van der Waals surface area contributed by atoms with Crippen molar-refractivity contribution in [3.63, 3.8) is 0 Å². The lowest BCUT2D eigenvalue weighted by atomic mass is 10.1. The second kappa shape index (κ2) is 7.77. The minimum atomic E-state index is -0.384. The number of morpholine rings is 1. The molecule has 0 bridgehead atoms. The monoisotopic (exact) mass is 359 g/mol. The van der Waals surface area contributed by atoms with E-state index >= 15 is 0 Å². The van der Waals surface area contributed by atoms with Crippen molar-refractivity contribution >= 4 is 17.6 Å². The molecular formula is C17H22FN7O. The number of hydrogen-bond acceptors (Lipinski definition) is 8. The maximum Gasteiger partial charge on any atom is 0.227 e. The van der Waals surface area contributed by atoms with Crippen molar-refractivity contribution in [1.82, 2.24) is 19.9 Å². The van der Waals surface area contributed by atoms with E-state index in [-0.39, 0.29) is 11.9 Å². The number of ether oxygens (including phenoxy) is 1. The Labute approximate surface area is 151 Å². The lowest BCUT2D eigenvalue weighted by Gasteiger charge is -2.34. The van der Waals surface area contributed by atoms with Crippen LogP contribution in [0.2, 0.25) is 0 Å². The van der Waals surface area contributed by atoms with Gasteiger partial charge in [-0.2, -0.15) is 4.98 Å². The maximum atomic E-state index is 14.0. The quantitative estimate of drug-likeness (QED) is 0.876. The Hall–Kier alpha value is -2.55. The van der Waals surface area contributed by atoms with Crippen LogP contribution in [0.25, 0.3) is 0 Å². The van der Waals surface area contributed by atoms with E-state index in [1.54, 1.807) is 6.20 Å². The van der Waals surface area contributed by atoms with Crippen LogP contribution >= 0.6 is 0 Å². The lowest BCUT2D eigenvalue weighted by molar-refractivity contribution is 0.122. The van der Waals surface area contributed by atoms with Crippen molar-refractivity contribution < 1.29 is 9.13 Å². The summed E-state index contributed by atoms with van der Waals surface area (Å²) in [5, 5.41) is 3.46. The Morgan fingerprint density at radius 3 is 2.88 bits per heavy atom. The van der Waals surface area contributed by atoms with Crippen molar-refractivity contribution in [2.45, 2.75) is 18.9 Å². The van der Waals surface area contributed by atoms with Gasteiger partial charge in [-0.1, -0.05) is 0 Å². The second-order valence-corrected chi connectivity index (χ2v) is 6.47. The molecule has 1 unspecified atom stereocenters. The molecule has 2 aliphatic heterocycles. The van der Waals surface area contributed by atoms with Crippen LogP contribution in [-0.4, -0.2) is 65.4 Å². The molecule has 1 atom stereocenters. The predicted octanol–water partition coefficient (Wildman–Crippen LogP) is 1.32. The molecule has 2 aliphatic rings. The van der Waals surface area contributed by atoms with Crippen LogP contribution in [0.5, 0.6) is 0 Å². The van der Waals surface area contributed by atoms with E-state index in [0.717, 1.165) is 38.3 Å². The molecule has 26 heavy (non-hydrogen) atoms. The summed E-state index contributed by atoms with van der Waals surface area (Å²) in [7, 11) is 0. The van der Waals surface area contributed by atoms with Crippen molar-refractivity contribution in [2.24, 2.45) is 0 Å². The van der Waals surface area contributed by atoms with Gasteiger partial charge in [0.15, 0.2) is 11.6 Å². The molecule has 0 amide bonds. The lowest BCUT2D eigenvalue weighted by Crippen LogP contribution is -2.43. The Balaban J connectivity index is 1.43. The zero-order valence-electron chi connectivity index (χ0n) is 14.5. The molecule has 0 saturated carbocycles.